The van der Waals surface area contributed by atoms with Gasteiger partial charge >= 0.3 is 12.3 Å². The Kier molecular flexibility index (Phi) is 29.0. The first-order valence-corrected chi connectivity index (χ1v) is 43.7. The number of phenolic OH excluding ortho intramolecular Hbond substituents is 6. The lowest BCUT2D eigenvalue weighted by atomic mass is 9.76. The molecule has 0 aliphatic carbocycles. The van der Waals surface area contributed by atoms with E-state index in [0.29, 0.717) is 6.42 Å². The Labute approximate surface area is 745 Å². The lowest BCUT2D eigenvalue weighted by Gasteiger charge is -2.28. The van der Waals surface area contributed by atoms with Gasteiger partial charge in [0.15, 0.2) is 0 Å². The standard InChI is InChI=1S/C55H64.C49H52O6.C10H18O5/c1-30-17-40(11)48(23-34(30)5)54(49-24-35(6)31(2)18-41(49)12)52-28-46(21-38(9)44(52)15)27-47-22-39(10)45(16)53(29-47)55(50-25-36(7)32(3)19-42(50)13)51-26-37(8)33(4)20-43(51)14;1-24-17-42(50)28(5)13-36(24)46(37-14-29(6)43(51)18-25(37)2)40-22-34(11-32(9)48(40)54)21-35-12-33(10)49(55)41(23-35)47(38-15-30(7)44(52)19-26(38)3)39-16-31(8)45(53)20-27(39)4;1-9(2,3)14-7(11)13-8(12)15-10(4,5)6/h17-26,28-29,54-55H,27H2,1-16H3;11-20,22-23,46-47,50-55H,21H2,1-10H3;1-6H3. The molecule has 0 aromatic heterocycles. The molecular weight excluding hydrogens is 1550 g/mol. The van der Waals surface area contributed by atoms with Crippen molar-refractivity contribution in [3.63, 3.8) is 0 Å². The minimum Gasteiger partial charge on any atom is -0.508 e. The van der Waals surface area contributed by atoms with E-state index in [0.717, 1.165) is 107 Å². The molecule has 0 bridgehead atoms. The summed E-state index contributed by atoms with van der Waals surface area (Å²) < 4.78 is 13.8. The van der Waals surface area contributed by atoms with Crippen LogP contribution >= 0.6 is 0 Å². The number of phenols is 6. The van der Waals surface area contributed by atoms with Crippen LogP contribution in [0.1, 0.15) is 299 Å². The number of ether oxygens (including phenoxy) is 3. The monoisotopic (exact) mass is 1680 g/mol. The molecule has 0 aliphatic heterocycles. The lowest BCUT2D eigenvalue weighted by Crippen LogP contribution is -2.29. The third-order valence-corrected chi connectivity index (χ3v) is 25.7. The van der Waals surface area contributed by atoms with E-state index in [4.69, 9.17) is 9.47 Å². The molecule has 0 heterocycles. The molecule has 0 amide bonds. The highest BCUT2D eigenvalue weighted by Gasteiger charge is 2.33. The van der Waals surface area contributed by atoms with Gasteiger partial charge in [0.1, 0.15) is 45.7 Å². The predicted molar refractivity (Wildman–Crippen MR) is 513 cm³/mol. The number of carbonyl (C=O) groups is 2. The number of aromatic hydroxyl groups is 6. The van der Waals surface area contributed by atoms with Gasteiger partial charge in [-0.1, -0.05) is 121 Å². The van der Waals surface area contributed by atoms with Crippen LogP contribution in [0, 0.1) is 180 Å². The second kappa shape index (κ2) is 37.9. The summed E-state index contributed by atoms with van der Waals surface area (Å²) >= 11 is 0. The second-order valence-corrected chi connectivity index (χ2v) is 38.2. The first-order valence-electron chi connectivity index (χ1n) is 43.7. The number of hydrogen-bond acceptors (Lipinski definition) is 11. The van der Waals surface area contributed by atoms with E-state index in [1.54, 1.807) is 65.8 Å². The molecule has 12 rings (SSSR count). The fourth-order valence-electron chi connectivity index (χ4n) is 17.9. The van der Waals surface area contributed by atoms with E-state index in [2.05, 4.69) is 200 Å². The van der Waals surface area contributed by atoms with Crippen LogP contribution < -0.4 is 0 Å². The van der Waals surface area contributed by atoms with Crippen LogP contribution in [0.25, 0.3) is 0 Å². The Morgan fingerprint density at radius 3 is 0.624 bits per heavy atom. The largest absolute Gasteiger partial charge is 0.519 e. The highest BCUT2D eigenvalue weighted by molar-refractivity contribution is 5.77. The number of aryl methyl sites for hydroxylation is 24. The van der Waals surface area contributed by atoms with Crippen LogP contribution in [0.4, 0.5) is 9.59 Å². The van der Waals surface area contributed by atoms with Crippen molar-refractivity contribution in [1.82, 2.24) is 0 Å². The zero-order valence-corrected chi connectivity index (χ0v) is 80.3. The molecule has 0 saturated carbocycles. The van der Waals surface area contributed by atoms with E-state index in [1.165, 1.54) is 134 Å². The fourth-order valence-corrected chi connectivity index (χ4v) is 17.9. The molecule has 125 heavy (non-hydrogen) atoms. The molecule has 0 unspecified atom stereocenters. The minimum atomic E-state index is -1.06. The number of hydrogen-bond donors (Lipinski definition) is 6. The van der Waals surface area contributed by atoms with E-state index >= 15 is 0 Å². The number of benzene rings is 12. The topological polar surface area (TPSA) is 183 Å². The van der Waals surface area contributed by atoms with Gasteiger partial charge in [-0.2, -0.15) is 0 Å². The Morgan fingerprint density at radius 1 is 0.216 bits per heavy atom. The van der Waals surface area contributed by atoms with Gasteiger partial charge in [-0.05, 0) is 481 Å². The Morgan fingerprint density at radius 2 is 0.400 bits per heavy atom. The summed E-state index contributed by atoms with van der Waals surface area (Å²) in [6.45, 7) is 65.7. The van der Waals surface area contributed by atoms with Gasteiger partial charge in [-0.3, -0.25) is 0 Å². The number of rotatable bonds is 16. The Bertz CT molecular complexity index is 5240. The molecular formula is C114H134O11. The van der Waals surface area contributed by atoms with Crippen molar-refractivity contribution in [2.24, 2.45) is 0 Å². The second-order valence-electron chi connectivity index (χ2n) is 38.2. The first-order chi connectivity index (χ1) is 58.2. The van der Waals surface area contributed by atoms with Gasteiger partial charge in [0, 0.05) is 34.8 Å². The summed E-state index contributed by atoms with van der Waals surface area (Å²) in [6.07, 6.45) is -0.727. The van der Waals surface area contributed by atoms with E-state index in [1.807, 2.05) is 106 Å². The fraction of sp³-hybridized carbons (Fsp3) is 0.351. The van der Waals surface area contributed by atoms with Crippen LogP contribution in [-0.2, 0) is 27.1 Å². The van der Waals surface area contributed by atoms with Crippen LogP contribution in [0.3, 0.4) is 0 Å². The molecule has 0 spiro atoms. The highest BCUT2D eigenvalue weighted by Crippen LogP contribution is 2.49. The summed E-state index contributed by atoms with van der Waals surface area (Å²) in [5, 5.41) is 66.0. The molecule has 0 atom stereocenters. The van der Waals surface area contributed by atoms with Gasteiger partial charge in [-0.25, -0.2) is 9.59 Å². The van der Waals surface area contributed by atoms with Crippen LogP contribution in [0.15, 0.2) is 146 Å². The average Bonchev–Trinajstić information content (AvgIpc) is 0.770. The van der Waals surface area contributed by atoms with Crippen LogP contribution in [-0.4, -0.2) is 54.2 Å². The SMILES string of the molecule is CC(C)(C)OC(=O)OC(=O)OC(C)(C)C.Cc1cc(C(c2cc(C)c(O)cc2C)c2cc(Cc3cc(C)c(O)c(C(c4cc(C)c(O)cc4C)c4cc(C)c(O)cc4C)c3)cc(C)c2O)c(C)cc1O.Cc1cc(C)c(C(c2cc(C)c(C)cc2C)c2cc(Cc3cc(C)c(C)c(C(c4cc(C)c(C)cc4C)c4cc(C)c(C)cc4C)c3)cc(C)c2C)cc1C. The summed E-state index contributed by atoms with van der Waals surface area (Å²) in [6, 6.07) is 52.5. The van der Waals surface area contributed by atoms with Crippen molar-refractivity contribution in [2.75, 3.05) is 0 Å². The van der Waals surface area contributed by atoms with Crippen LogP contribution in [0.5, 0.6) is 34.5 Å². The molecule has 12 aromatic rings. The van der Waals surface area contributed by atoms with Crippen molar-refractivity contribution >= 4 is 12.3 Å². The Hall–Kier alpha value is -11.8. The van der Waals surface area contributed by atoms with Gasteiger partial charge in [-0.15, -0.1) is 0 Å². The lowest BCUT2D eigenvalue weighted by molar-refractivity contribution is -0.0294. The summed E-state index contributed by atoms with van der Waals surface area (Å²) in [5.41, 5.74) is 46.7. The van der Waals surface area contributed by atoms with Crippen molar-refractivity contribution in [1.29, 1.82) is 0 Å². The molecule has 12 aromatic carbocycles. The normalized spacial score (nSPS) is 11.6. The van der Waals surface area contributed by atoms with Gasteiger partial charge in [0.2, 0.25) is 0 Å². The van der Waals surface area contributed by atoms with Gasteiger partial charge in [0.05, 0.1) is 0 Å². The summed E-state index contributed by atoms with van der Waals surface area (Å²) in [4.78, 5) is 22.0. The summed E-state index contributed by atoms with van der Waals surface area (Å²) in [5.74, 6) is 0.695. The highest BCUT2D eigenvalue weighted by atomic mass is 16.8. The van der Waals surface area contributed by atoms with Crippen molar-refractivity contribution < 1.29 is 54.4 Å². The van der Waals surface area contributed by atoms with E-state index in [-0.39, 0.29) is 46.3 Å². The summed E-state index contributed by atoms with van der Waals surface area (Å²) in [7, 11) is 0. The molecule has 0 fully saturated rings. The van der Waals surface area contributed by atoms with Crippen molar-refractivity contribution in [3.8, 4) is 34.5 Å². The van der Waals surface area contributed by atoms with Gasteiger partial charge in [0.25, 0.3) is 0 Å². The minimum absolute atomic E-state index is 0.150. The third kappa shape index (κ3) is 21.8. The Balaban J connectivity index is 0.000000224. The molecule has 0 saturated heterocycles. The van der Waals surface area contributed by atoms with E-state index < -0.39 is 35.3 Å². The quantitative estimate of drug-likeness (QED) is 0.0308. The third-order valence-electron chi connectivity index (χ3n) is 25.7. The zero-order valence-electron chi connectivity index (χ0n) is 80.3. The smallest absolute Gasteiger partial charge is 0.508 e. The molecule has 11 heteroatoms. The average molecular weight is 1680 g/mol. The van der Waals surface area contributed by atoms with Crippen LogP contribution in [0.2, 0.25) is 0 Å². The number of carbonyl (C=O) groups excluding carboxylic acids is 2. The maximum absolute atomic E-state index is 11.8. The van der Waals surface area contributed by atoms with Crippen molar-refractivity contribution in [3.05, 3.63) is 379 Å². The van der Waals surface area contributed by atoms with Gasteiger partial charge < -0.3 is 44.8 Å². The van der Waals surface area contributed by atoms with Crippen molar-refractivity contribution in [2.45, 2.75) is 269 Å². The zero-order chi connectivity index (χ0) is 92.7. The maximum Gasteiger partial charge on any atom is 0.519 e. The first kappa shape index (κ1) is 95.4. The molecule has 0 radical (unpaired) electrons. The molecule has 11 nitrogen and oxygen atoms in total. The van der Waals surface area contributed by atoms with E-state index in [9.17, 15) is 40.2 Å². The maximum atomic E-state index is 11.8. The molecule has 0 aliphatic rings. The predicted octanol–water partition coefficient (Wildman–Crippen LogP) is 28.4. The molecule has 6 N–H and O–H groups in total. The molecule has 656 valence electrons.